The Morgan fingerprint density at radius 3 is 2.43 bits per heavy atom. The molecule has 1 aromatic rings. The third kappa shape index (κ3) is 4.52. The van der Waals surface area contributed by atoms with Crippen LogP contribution in [0, 0.1) is 12.0 Å². The summed E-state index contributed by atoms with van der Waals surface area (Å²) in [7, 11) is 0. The number of benzene rings is 1. The molecule has 0 spiro atoms. The first-order valence-electron chi connectivity index (χ1n) is 9.23. The molecule has 0 saturated carbocycles. The number of carbonyl (C=O) groups is 3. The minimum atomic E-state index is -1.49. The minimum absolute atomic E-state index is 0.243. The molecular weight excluding hydrogens is 358 g/mol. The highest BCUT2D eigenvalue weighted by molar-refractivity contribution is 5.96. The fourth-order valence-electron chi connectivity index (χ4n) is 3.22. The van der Waals surface area contributed by atoms with Crippen LogP contribution in [0.1, 0.15) is 40.5 Å². The van der Waals surface area contributed by atoms with Gasteiger partial charge in [-0.2, -0.15) is 0 Å². The summed E-state index contributed by atoms with van der Waals surface area (Å²) in [6.45, 7) is 6.73. The van der Waals surface area contributed by atoms with Crippen LogP contribution in [-0.2, 0) is 19.1 Å². The maximum atomic E-state index is 13.4. The van der Waals surface area contributed by atoms with E-state index in [1.165, 1.54) is 16.7 Å². The molecule has 1 fully saturated rings. The maximum absolute atomic E-state index is 13.4. The van der Waals surface area contributed by atoms with Crippen molar-refractivity contribution >= 4 is 23.3 Å². The number of ketones is 1. The molecule has 0 aliphatic carbocycles. The molecule has 1 saturated heterocycles. The molecule has 1 unspecified atom stereocenters. The lowest BCUT2D eigenvalue weighted by Gasteiger charge is -2.43. The molecule has 0 aromatic heterocycles. The smallest absolute Gasteiger partial charge is 0.354 e. The standard InChI is InChI=1S/C21H27N3O4/c1-16(25)11-14-23(17-9-6-5-7-10-17)21(19(27)28-20(2,3)4)12-8-13-24(21)18(26)15-22/h5-7,9-10H,8,12-13,15,22H2,1-4H3. The van der Waals surface area contributed by atoms with E-state index in [-0.39, 0.29) is 18.2 Å². The van der Waals surface area contributed by atoms with Gasteiger partial charge in [0, 0.05) is 25.9 Å². The molecule has 0 radical (unpaired) electrons. The second-order valence-electron chi connectivity index (χ2n) is 7.64. The van der Waals surface area contributed by atoms with Crippen molar-refractivity contribution < 1.29 is 19.1 Å². The molecule has 2 N–H and O–H groups in total. The highest BCUT2D eigenvalue weighted by atomic mass is 16.6. The fraction of sp³-hybridized carbons (Fsp3) is 0.476. The summed E-state index contributed by atoms with van der Waals surface area (Å²) in [6.07, 6.45) is 0.894. The van der Waals surface area contributed by atoms with Gasteiger partial charge in [-0.25, -0.2) is 4.79 Å². The Labute approximate surface area is 165 Å². The molecule has 2 rings (SSSR count). The van der Waals surface area contributed by atoms with Crippen molar-refractivity contribution in [3.8, 4) is 12.0 Å². The average Bonchev–Trinajstić information content (AvgIpc) is 3.06. The molecule has 7 heteroatoms. The summed E-state index contributed by atoms with van der Waals surface area (Å²) < 4.78 is 5.69. The van der Waals surface area contributed by atoms with Crippen LogP contribution in [0.3, 0.4) is 0 Å². The van der Waals surface area contributed by atoms with Crippen molar-refractivity contribution in [3.63, 3.8) is 0 Å². The molecule has 7 nitrogen and oxygen atoms in total. The topological polar surface area (TPSA) is 92.9 Å². The molecule has 1 atom stereocenters. The number of likely N-dealkylation sites (tertiary alicyclic amines) is 1. The van der Waals surface area contributed by atoms with Gasteiger partial charge in [-0.15, -0.1) is 0 Å². The SMILES string of the molecule is CC(=O)C#CN(c1ccccc1)C1(C(=O)OC(C)(C)C)CCCN1C(=O)CN. The summed E-state index contributed by atoms with van der Waals surface area (Å²) in [5.74, 6) is 1.17. The Morgan fingerprint density at radius 2 is 1.89 bits per heavy atom. The Kier molecular flexibility index (Phi) is 6.47. The summed E-state index contributed by atoms with van der Waals surface area (Å²) >= 11 is 0. The number of anilines is 1. The first-order chi connectivity index (χ1) is 13.1. The number of nitrogens with two attached hydrogens (primary N) is 1. The first-order valence-corrected chi connectivity index (χ1v) is 9.23. The van der Waals surface area contributed by atoms with Crippen molar-refractivity contribution in [1.82, 2.24) is 4.90 Å². The van der Waals surface area contributed by atoms with Gasteiger partial charge < -0.3 is 15.4 Å². The minimum Gasteiger partial charge on any atom is -0.457 e. The van der Waals surface area contributed by atoms with Gasteiger partial charge in [-0.3, -0.25) is 14.5 Å². The molecule has 1 heterocycles. The summed E-state index contributed by atoms with van der Waals surface area (Å²) in [6, 6.07) is 11.8. The van der Waals surface area contributed by atoms with Gasteiger partial charge >= 0.3 is 5.97 Å². The largest absolute Gasteiger partial charge is 0.457 e. The number of hydrogen-bond acceptors (Lipinski definition) is 6. The fourth-order valence-corrected chi connectivity index (χ4v) is 3.22. The third-order valence-corrected chi connectivity index (χ3v) is 4.28. The normalized spacial score (nSPS) is 18.8. The van der Waals surface area contributed by atoms with E-state index < -0.39 is 17.2 Å². The molecule has 1 aliphatic heterocycles. The van der Waals surface area contributed by atoms with Crippen LogP contribution in [0.25, 0.3) is 0 Å². The number of esters is 1. The quantitative estimate of drug-likeness (QED) is 0.481. The van der Waals surface area contributed by atoms with Crippen LogP contribution >= 0.6 is 0 Å². The van der Waals surface area contributed by atoms with Crippen molar-refractivity contribution in [2.45, 2.75) is 51.8 Å². The predicted octanol–water partition coefficient (Wildman–Crippen LogP) is 1.66. The van der Waals surface area contributed by atoms with Gasteiger partial charge in [-0.05, 0) is 45.2 Å². The van der Waals surface area contributed by atoms with E-state index in [0.29, 0.717) is 25.1 Å². The second kappa shape index (κ2) is 8.44. The van der Waals surface area contributed by atoms with Crippen molar-refractivity contribution in [3.05, 3.63) is 30.3 Å². The Bertz CT molecular complexity index is 804. The third-order valence-electron chi connectivity index (χ3n) is 4.28. The number of ether oxygens (including phenoxy) is 1. The number of nitrogens with zero attached hydrogens (tertiary/aromatic N) is 2. The highest BCUT2D eigenvalue weighted by Gasteiger charge is 2.56. The van der Waals surface area contributed by atoms with Crippen LogP contribution in [0.5, 0.6) is 0 Å². The van der Waals surface area contributed by atoms with E-state index in [2.05, 4.69) is 12.0 Å². The van der Waals surface area contributed by atoms with Gasteiger partial charge in [0.2, 0.25) is 17.4 Å². The van der Waals surface area contributed by atoms with Crippen LogP contribution in [-0.4, -0.2) is 46.9 Å². The van der Waals surface area contributed by atoms with E-state index >= 15 is 0 Å². The van der Waals surface area contributed by atoms with Crippen LogP contribution in [0.4, 0.5) is 5.69 Å². The van der Waals surface area contributed by atoms with Gasteiger partial charge in [0.1, 0.15) is 5.60 Å². The molecule has 1 amide bonds. The summed E-state index contributed by atoms with van der Waals surface area (Å²) in [5.41, 5.74) is 3.94. The molecule has 1 aliphatic rings. The number of rotatable bonds is 4. The first kappa shape index (κ1) is 21.5. The maximum Gasteiger partial charge on any atom is 0.354 e. The Hall–Kier alpha value is -2.85. The number of hydrogen-bond donors (Lipinski definition) is 1. The monoisotopic (exact) mass is 385 g/mol. The van der Waals surface area contributed by atoms with E-state index in [9.17, 15) is 14.4 Å². The Balaban J connectivity index is 2.69. The van der Waals surface area contributed by atoms with E-state index in [1.54, 1.807) is 45.0 Å². The number of Topliss-reactive ketones (excluding diaryl/α,β-unsaturated/α-hetero) is 1. The molecule has 28 heavy (non-hydrogen) atoms. The second-order valence-corrected chi connectivity index (χ2v) is 7.64. The lowest BCUT2D eigenvalue weighted by Crippen LogP contribution is -2.65. The molecule has 1 aromatic carbocycles. The van der Waals surface area contributed by atoms with Crippen LogP contribution < -0.4 is 10.6 Å². The zero-order chi connectivity index (χ0) is 20.9. The summed E-state index contributed by atoms with van der Waals surface area (Å²) in [5, 5.41) is 0. The van der Waals surface area contributed by atoms with Gasteiger partial charge in [0.25, 0.3) is 0 Å². The zero-order valence-corrected chi connectivity index (χ0v) is 16.8. The van der Waals surface area contributed by atoms with Gasteiger partial charge in [0.15, 0.2) is 0 Å². The van der Waals surface area contributed by atoms with Crippen molar-refractivity contribution in [1.29, 1.82) is 0 Å². The number of para-hydroxylation sites is 1. The Morgan fingerprint density at radius 1 is 1.25 bits per heavy atom. The van der Waals surface area contributed by atoms with Crippen LogP contribution in [0.2, 0.25) is 0 Å². The van der Waals surface area contributed by atoms with E-state index in [0.717, 1.165) is 0 Å². The lowest BCUT2D eigenvalue weighted by atomic mass is 10.0. The number of carbonyl (C=O) groups excluding carboxylic acids is 3. The zero-order valence-electron chi connectivity index (χ0n) is 16.8. The molecule has 0 bridgehead atoms. The van der Waals surface area contributed by atoms with E-state index in [4.69, 9.17) is 10.5 Å². The van der Waals surface area contributed by atoms with Gasteiger partial charge in [-0.1, -0.05) is 18.2 Å². The lowest BCUT2D eigenvalue weighted by molar-refractivity contribution is -0.171. The molecule has 150 valence electrons. The predicted molar refractivity (Wildman–Crippen MR) is 106 cm³/mol. The van der Waals surface area contributed by atoms with Crippen molar-refractivity contribution in [2.75, 3.05) is 18.0 Å². The van der Waals surface area contributed by atoms with Crippen LogP contribution in [0.15, 0.2) is 30.3 Å². The molecular formula is C21H27N3O4. The highest BCUT2D eigenvalue weighted by Crippen LogP contribution is 2.38. The van der Waals surface area contributed by atoms with E-state index in [1.807, 2.05) is 6.07 Å². The van der Waals surface area contributed by atoms with Crippen molar-refractivity contribution in [2.24, 2.45) is 5.73 Å². The summed E-state index contributed by atoms with van der Waals surface area (Å²) in [4.78, 5) is 40.5. The number of amides is 1. The average molecular weight is 385 g/mol. The van der Waals surface area contributed by atoms with Gasteiger partial charge in [0.05, 0.1) is 12.2 Å².